The van der Waals surface area contributed by atoms with Crippen LogP contribution in [0.1, 0.15) is 13.0 Å². The molecule has 0 aliphatic carbocycles. The van der Waals surface area contributed by atoms with Crippen molar-refractivity contribution in [2.45, 2.75) is 13.0 Å². The van der Waals surface area contributed by atoms with Crippen LogP contribution < -0.4 is 5.56 Å². The molecule has 0 radical (unpaired) electrons. The topological polar surface area (TPSA) is 89.5 Å². The van der Waals surface area contributed by atoms with Crippen molar-refractivity contribution < 1.29 is 9.90 Å². The molecular formula is C18H14N4O3. The predicted octanol–water partition coefficient (Wildman–Crippen LogP) is 2.36. The Morgan fingerprint density at radius 3 is 2.64 bits per heavy atom. The third kappa shape index (κ3) is 2.28. The average Bonchev–Trinajstić information content (AvgIpc) is 3.06. The summed E-state index contributed by atoms with van der Waals surface area (Å²) in [5, 5.41) is 13.8. The zero-order valence-corrected chi connectivity index (χ0v) is 13.3. The Kier molecular flexibility index (Phi) is 3.35. The summed E-state index contributed by atoms with van der Waals surface area (Å²) >= 11 is 0. The van der Waals surface area contributed by atoms with Gasteiger partial charge >= 0.3 is 5.97 Å². The van der Waals surface area contributed by atoms with E-state index < -0.39 is 17.6 Å². The fourth-order valence-electron chi connectivity index (χ4n) is 2.88. The van der Waals surface area contributed by atoms with Crippen LogP contribution in [0.25, 0.3) is 27.7 Å². The van der Waals surface area contributed by atoms with Crippen molar-refractivity contribution >= 4 is 22.5 Å². The molecule has 4 rings (SSSR count). The minimum atomic E-state index is -1.07. The minimum Gasteiger partial charge on any atom is -0.480 e. The van der Waals surface area contributed by atoms with E-state index in [4.69, 9.17) is 5.11 Å². The molecule has 3 aromatic heterocycles. The largest absolute Gasteiger partial charge is 0.480 e. The van der Waals surface area contributed by atoms with Crippen LogP contribution >= 0.6 is 0 Å². The van der Waals surface area contributed by atoms with E-state index in [0.717, 1.165) is 11.1 Å². The Bertz CT molecular complexity index is 1160. The highest BCUT2D eigenvalue weighted by Crippen LogP contribution is 2.24. The molecule has 0 saturated carbocycles. The maximum absolute atomic E-state index is 12.6. The van der Waals surface area contributed by atoms with Crippen molar-refractivity contribution in [3.05, 3.63) is 65.3 Å². The molecule has 0 aliphatic heterocycles. The Hall–Kier alpha value is -3.48. The fraction of sp³-hybridized carbons (Fsp3) is 0.111. The zero-order valence-electron chi connectivity index (χ0n) is 13.3. The van der Waals surface area contributed by atoms with Gasteiger partial charge in [-0.2, -0.15) is 5.10 Å². The van der Waals surface area contributed by atoms with Crippen LogP contribution in [0.2, 0.25) is 0 Å². The highest BCUT2D eigenvalue weighted by atomic mass is 16.4. The first-order valence-corrected chi connectivity index (χ1v) is 7.74. The number of nitrogens with zero attached hydrogens (tertiary/aromatic N) is 4. The standard InChI is InChI=1S/C18H14N4O3/c1-11(18(24)25)21-8-7-15-14(17(21)23)9-19-16-13(10-20-22(15)16)12-5-3-2-4-6-12/h2-11H,1H3,(H,24,25)/t11-/m1/s1. The van der Waals surface area contributed by atoms with Crippen LogP contribution in [0.15, 0.2) is 59.8 Å². The Morgan fingerprint density at radius 2 is 1.92 bits per heavy atom. The molecule has 0 fully saturated rings. The van der Waals surface area contributed by atoms with Crippen LogP contribution in [0.5, 0.6) is 0 Å². The Morgan fingerprint density at radius 1 is 1.16 bits per heavy atom. The quantitative estimate of drug-likeness (QED) is 0.621. The summed E-state index contributed by atoms with van der Waals surface area (Å²) < 4.78 is 2.79. The first-order chi connectivity index (χ1) is 12.1. The van der Waals surface area contributed by atoms with Gasteiger partial charge in [0, 0.05) is 18.0 Å². The molecule has 0 spiro atoms. The van der Waals surface area contributed by atoms with Crippen molar-refractivity contribution in [2.24, 2.45) is 0 Å². The number of benzene rings is 1. The molecule has 0 amide bonds. The molecule has 1 atom stereocenters. The van der Waals surface area contributed by atoms with Gasteiger partial charge in [0.25, 0.3) is 5.56 Å². The van der Waals surface area contributed by atoms with Gasteiger partial charge in [0.15, 0.2) is 5.65 Å². The predicted molar refractivity (Wildman–Crippen MR) is 92.5 cm³/mol. The Labute approximate surface area is 141 Å². The van der Waals surface area contributed by atoms with Crippen LogP contribution in [0.3, 0.4) is 0 Å². The molecule has 25 heavy (non-hydrogen) atoms. The van der Waals surface area contributed by atoms with Crippen molar-refractivity contribution in [1.29, 1.82) is 0 Å². The van der Waals surface area contributed by atoms with Gasteiger partial charge in [-0.05, 0) is 18.6 Å². The number of aromatic nitrogens is 4. The smallest absolute Gasteiger partial charge is 0.326 e. The van der Waals surface area contributed by atoms with Crippen molar-refractivity contribution in [1.82, 2.24) is 19.2 Å². The van der Waals surface area contributed by atoms with Crippen LogP contribution in [-0.4, -0.2) is 30.2 Å². The van der Waals surface area contributed by atoms with Gasteiger partial charge < -0.3 is 9.67 Å². The second-order valence-electron chi connectivity index (χ2n) is 5.76. The molecule has 0 unspecified atom stereocenters. The molecule has 7 nitrogen and oxygen atoms in total. The molecule has 0 aliphatic rings. The third-order valence-electron chi connectivity index (χ3n) is 4.28. The van der Waals surface area contributed by atoms with E-state index in [9.17, 15) is 9.59 Å². The summed E-state index contributed by atoms with van der Waals surface area (Å²) in [6, 6.07) is 10.5. The van der Waals surface area contributed by atoms with E-state index in [1.165, 1.54) is 23.9 Å². The van der Waals surface area contributed by atoms with Gasteiger partial charge in [-0.25, -0.2) is 14.3 Å². The second kappa shape index (κ2) is 5.55. The van der Waals surface area contributed by atoms with Gasteiger partial charge in [-0.15, -0.1) is 0 Å². The second-order valence-corrected chi connectivity index (χ2v) is 5.76. The molecule has 3 heterocycles. The lowest BCUT2D eigenvalue weighted by Gasteiger charge is -2.11. The van der Waals surface area contributed by atoms with Crippen molar-refractivity contribution in [2.75, 3.05) is 0 Å². The fourth-order valence-corrected chi connectivity index (χ4v) is 2.88. The van der Waals surface area contributed by atoms with Gasteiger partial charge in [-0.3, -0.25) is 4.79 Å². The summed E-state index contributed by atoms with van der Waals surface area (Å²) in [4.78, 5) is 28.2. The number of carboxylic acid groups (broad SMARTS) is 1. The average molecular weight is 334 g/mol. The first kappa shape index (κ1) is 15.1. The SMILES string of the molecule is C[C@H](C(=O)O)n1ccc2c(cnc3c(-c4ccccc4)cnn32)c1=O. The number of pyridine rings is 1. The molecule has 7 heteroatoms. The molecule has 1 N–H and O–H groups in total. The summed E-state index contributed by atoms with van der Waals surface area (Å²) in [7, 11) is 0. The summed E-state index contributed by atoms with van der Waals surface area (Å²) in [6.07, 6.45) is 4.67. The van der Waals surface area contributed by atoms with Gasteiger partial charge in [0.2, 0.25) is 0 Å². The summed E-state index contributed by atoms with van der Waals surface area (Å²) in [5.41, 5.74) is 2.68. The van der Waals surface area contributed by atoms with E-state index in [1.807, 2.05) is 30.3 Å². The van der Waals surface area contributed by atoms with E-state index in [2.05, 4.69) is 10.1 Å². The molecular weight excluding hydrogens is 320 g/mol. The van der Waals surface area contributed by atoms with Crippen LogP contribution in [0, 0.1) is 0 Å². The molecule has 0 bridgehead atoms. The number of rotatable bonds is 3. The minimum absolute atomic E-state index is 0.325. The van der Waals surface area contributed by atoms with E-state index >= 15 is 0 Å². The monoisotopic (exact) mass is 334 g/mol. The van der Waals surface area contributed by atoms with Crippen LogP contribution in [0.4, 0.5) is 0 Å². The Balaban J connectivity index is 1.97. The lowest BCUT2D eigenvalue weighted by atomic mass is 10.1. The lowest BCUT2D eigenvalue weighted by molar-refractivity contribution is -0.140. The normalized spacial score (nSPS) is 12.5. The summed E-state index contributed by atoms with van der Waals surface area (Å²) in [5.74, 6) is -1.07. The highest BCUT2D eigenvalue weighted by molar-refractivity contribution is 5.85. The number of carboxylic acids is 1. The zero-order chi connectivity index (χ0) is 17.6. The molecule has 124 valence electrons. The molecule has 1 aromatic carbocycles. The van der Waals surface area contributed by atoms with Gasteiger partial charge in [0.1, 0.15) is 6.04 Å². The van der Waals surface area contributed by atoms with Gasteiger partial charge in [-0.1, -0.05) is 30.3 Å². The number of fused-ring (bicyclic) bond motifs is 3. The number of hydrogen-bond acceptors (Lipinski definition) is 4. The maximum atomic E-state index is 12.6. The summed E-state index contributed by atoms with van der Waals surface area (Å²) in [6.45, 7) is 1.46. The van der Waals surface area contributed by atoms with E-state index in [0.29, 0.717) is 16.6 Å². The molecule has 0 saturated heterocycles. The number of carbonyl (C=O) groups is 1. The van der Waals surface area contributed by atoms with Gasteiger partial charge in [0.05, 0.1) is 17.1 Å². The van der Waals surface area contributed by atoms with E-state index in [-0.39, 0.29) is 0 Å². The van der Waals surface area contributed by atoms with E-state index in [1.54, 1.807) is 16.8 Å². The first-order valence-electron chi connectivity index (χ1n) is 7.74. The highest BCUT2D eigenvalue weighted by Gasteiger charge is 2.18. The van der Waals surface area contributed by atoms with Crippen LogP contribution in [-0.2, 0) is 4.79 Å². The van der Waals surface area contributed by atoms with Crippen molar-refractivity contribution in [3.63, 3.8) is 0 Å². The molecule has 4 aromatic rings. The lowest BCUT2D eigenvalue weighted by Crippen LogP contribution is -2.27. The number of aliphatic carboxylic acids is 1. The number of hydrogen-bond donors (Lipinski definition) is 1. The maximum Gasteiger partial charge on any atom is 0.326 e. The van der Waals surface area contributed by atoms with Crippen molar-refractivity contribution in [3.8, 4) is 11.1 Å². The third-order valence-corrected chi connectivity index (χ3v) is 4.28.